The number of halogens is 2. The summed E-state index contributed by atoms with van der Waals surface area (Å²) in [5.74, 6) is 0.882. The van der Waals surface area contributed by atoms with E-state index < -0.39 is 0 Å². The van der Waals surface area contributed by atoms with Crippen LogP contribution in [0, 0.1) is 6.92 Å². The molecule has 0 bridgehead atoms. The minimum atomic E-state index is -0.321. The number of benzene rings is 3. The Labute approximate surface area is 225 Å². The third-order valence-electron chi connectivity index (χ3n) is 5.99. The fourth-order valence-corrected chi connectivity index (χ4v) is 4.52. The quantitative estimate of drug-likeness (QED) is 0.194. The maximum absolute atomic E-state index is 6.52. The van der Waals surface area contributed by atoms with Gasteiger partial charge in [-0.25, -0.2) is 4.98 Å². The molecule has 2 aromatic heterocycles. The van der Waals surface area contributed by atoms with Crippen LogP contribution in [0.3, 0.4) is 0 Å². The molecule has 0 spiro atoms. The predicted octanol–water partition coefficient (Wildman–Crippen LogP) is 7.82. The van der Waals surface area contributed by atoms with Crippen LogP contribution >= 0.6 is 23.2 Å². The first-order chi connectivity index (χ1) is 18.0. The van der Waals surface area contributed by atoms with Crippen molar-refractivity contribution in [2.24, 2.45) is 0 Å². The highest BCUT2D eigenvalue weighted by atomic mass is 35.5. The van der Waals surface area contributed by atoms with Gasteiger partial charge in [0.15, 0.2) is 0 Å². The molecule has 37 heavy (non-hydrogen) atoms. The zero-order chi connectivity index (χ0) is 25.8. The number of hydrogen-bond acceptors (Lipinski definition) is 5. The van der Waals surface area contributed by atoms with Crippen molar-refractivity contribution in [3.05, 3.63) is 118 Å². The van der Waals surface area contributed by atoms with E-state index in [4.69, 9.17) is 32.4 Å². The van der Waals surface area contributed by atoms with E-state index in [1.54, 1.807) is 24.7 Å². The molecule has 0 radical (unpaired) electrons. The smallest absolute Gasteiger partial charge is 0.248 e. The minimum absolute atomic E-state index is 0.321. The van der Waals surface area contributed by atoms with E-state index in [2.05, 4.69) is 21.8 Å². The molecule has 0 aliphatic rings. The van der Waals surface area contributed by atoms with Crippen LogP contribution in [0.15, 0.2) is 90.4 Å². The van der Waals surface area contributed by atoms with E-state index in [0.29, 0.717) is 35.0 Å². The summed E-state index contributed by atoms with van der Waals surface area (Å²) in [7, 11) is 0. The Hall–Kier alpha value is -3.71. The summed E-state index contributed by atoms with van der Waals surface area (Å²) in [5.41, 5.74) is 5.50. The van der Waals surface area contributed by atoms with Crippen molar-refractivity contribution >= 4 is 29.3 Å². The van der Waals surface area contributed by atoms with Gasteiger partial charge in [0.2, 0.25) is 11.8 Å². The number of imidazole rings is 1. The lowest BCUT2D eigenvalue weighted by Gasteiger charge is -2.20. The van der Waals surface area contributed by atoms with Crippen molar-refractivity contribution in [2.45, 2.75) is 26.2 Å². The number of aromatic nitrogens is 4. The van der Waals surface area contributed by atoms with Gasteiger partial charge in [0.05, 0.1) is 19.5 Å². The number of aryl methyl sites for hydroxylation is 1. The molecule has 1 unspecified atom stereocenters. The monoisotopic (exact) mass is 530 g/mol. The van der Waals surface area contributed by atoms with Crippen molar-refractivity contribution in [1.82, 2.24) is 19.7 Å². The SMILES string of the molecule is C=Cc1ccc(COC(Cn2ccnc2)c2ccc(Cl)cc2Cl)cc1-c1nnc(-c2ccc(C)cc2)o1. The van der Waals surface area contributed by atoms with Gasteiger partial charge in [0.1, 0.15) is 6.10 Å². The molecule has 0 saturated heterocycles. The number of rotatable bonds is 9. The Morgan fingerprint density at radius 1 is 1.03 bits per heavy atom. The van der Waals surface area contributed by atoms with Crippen molar-refractivity contribution in [2.75, 3.05) is 0 Å². The molecule has 5 aromatic rings. The Bertz CT molecular complexity index is 1510. The highest BCUT2D eigenvalue weighted by Crippen LogP contribution is 2.32. The first-order valence-corrected chi connectivity index (χ1v) is 12.4. The molecule has 186 valence electrons. The summed E-state index contributed by atoms with van der Waals surface area (Å²) in [6.45, 7) is 6.85. The minimum Gasteiger partial charge on any atom is -0.416 e. The van der Waals surface area contributed by atoms with Crippen LogP contribution < -0.4 is 0 Å². The molecule has 1 atom stereocenters. The van der Waals surface area contributed by atoms with Gasteiger partial charge in [-0.3, -0.25) is 0 Å². The summed E-state index contributed by atoms with van der Waals surface area (Å²) in [6.07, 6.45) is 6.82. The first-order valence-electron chi connectivity index (χ1n) is 11.7. The molecule has 2 heterocycles. The summed E-state index contributed by atoms with van der Waals surface area (Å²) < 4.78 is 14.4. The molecule has 8 heteroatoms. The summed E-state index contributed by atoms with van der Waals surface area (Å²) >= 11 is 12.6. The van der Waals surface area contributed by atoms with Gasteiger partial charge in [-0.05, 0) is 48.4 Å². The molecule has 5 rings (SSSR count). The normalized spacial score (nSPS) is 12.0. The van der Waals surface area contributed by atoms with Crippen LogP contribution in [-0.4, -0.2) is 19.7 Å². The average Bonchev–Trinajstić information content (AvgIpc) is 3.60. The molecule has 0 fully saturated rings. The maximum Gasteiger partial charge on any atom is 0.248 e. The number of ether oxygens (including phenoxy) is 1. The van der Waals surface area contributed by atoms with Gasteiger partial charge in [0.25, 0.3) is 0 Å². The van der Waals surface area contributed by atoms with E-state index in [0.717, 1.165) is 33.4 Å². The average molecular weight is 531 g/mol. The van der Waals surface area contributed by atoms with Gasteiger partial charge >= 0.3 is 0 Å². The molecular weight excluding hydrogens is 507 g/mol. The molecule has 0 saturated carbocycles. The zero-order valence-electron chi connectivity index (χ0n) is 20.1. The largest absolute Gasteiger partial charge is 0.416 e. The Morgan fingerprint density at radius 3 is 2.57 bits per heavy atom. The molecule has 6 nitrogen and oxygen atoms in total. The van der Waals surface area contributed by atoms with Crippen LogP contribution in [0.2, 0.25) is 10.0 Å². The lowest BCUT2D eigenvalue weighted by Crippen LogP contribution is -2.12. The summed E-state index contributed by atoms with van der Waals surface area (Å²) in [5, 5.41) is 9.68. The molecule has 3 aromatic carbocycles. The fraction of sp³-hybridized carbons (Fsp3) is 0.138. The standard InChI is InChI=1S/C29H24Cl2N4O2/c1-3-21-9-6-20(14-25(21)29-34-33-28(37-29)22-7-4-19(2)5-8-22)17-36-27(16-35-13-12-32-18-35)24-11-10-23(30)15-26(24)31/h3-15,18,27H,1,16-17H2,2H3. The Balaban J connectivity index is 1.40. The Morgan fingerprint density at radius 2 is 1.84 bits per heavy atom. The number of hydrogen-bond donors (Lipinski definition) is 0. The zero-order valence-corrected chi connectivity index (χ0v) is 21.7. The second-order valence-electron chi connectivity index (χ2n) is 8.63. The van der Waals surface area contributed by atoms with Crippen LogP contribution in [0.4, 0.5) is 0 Å². The Kier molecular flexibility index (Phi) is 7.51. The van der Waals surface area contributed by atoms with Crippen LogP contribution in [0.5, 0.6) is 0 Å². The van der Waals surface area contributed by atoms with Gasteiger partial charge < -0.3 is 13.7 Å². The van der Waals surface area contributed by atoms with Crippen molar-refractivity contribution in [3.63, 3.8) is 0 Å². The van der Waals surface area contributed by atoms with Crippen molar-refractivity contribution < 1.29 is 9.15 Å². The van der Waals surface area contributed by atoms with Crippen molar-refractivity contribution in [1.29, 1.82) is 0 Å². The third kappa shape index (κ3) is 5.83. The van der Waals surface area contributed by atoms with E-state index in [1.165, 1.54) is 0 Å². The van der Waals surface area contributed by atoms with Gasteiger partial charge in [-0.15, -0.1) is 10.2 Å². The molecule has 0 aliphatic carbocycles. The third-order valence-corrected chi connectivity index (χ3v) is 6.55. The van der Waals surface area contributed by atoms with E-state index in [1.807, 2.05) is 72.3 Å². The molecule has 0 amide bonds. The van der Waals surface area contributed by atoms with E-state index in [-0.39, 0.29) is 6.10 Å². The second-order valence-corrected chi connectivity index (χ2v) is 9.47. The van der Waals surface area contributed by atoms with Gasteiger partial charge in [0, 0.05) is 39.1 Å². The summed E-state index contributed by atoms with van der Waals surface area (Å²) in [6, 6.07) is 19.3. The summed E-state index contributed by atoms with van der Waals surface area (Å²) in [4.78, 5) is 4.14. The first kappa shape index (κ1) is 25.0. The number of nitrogens with zero attached hydrogens (tertiary/aromatic N) is 4. The van der Waals surface area contributed by atoms with Crippen LogP contribution in [0.25, 0.3) is 29.0 Å². The molecule has 0 aliphatic heterocycles. The highest BCUT2D eigenvalue weighted by molar-refractivity contribution is 6.35. The lowest BCUT2D eigenvalue weighted by atomic mass is 10.0. The van der Waals surface area contributed by atoms with Gasteiger partial charge in [-0.1, -0.05) is 71.8 Å². The van der Waals surface area contributed by atoms with E-state index >= 15 is 0 Å². The maximum atomic E-state index is 6.52. The van der Waals surface area contributed by atoms with Crippen molar-refractivity contribution in [3.8, 4) is 22.9 Å². The van der Waals surface area contributed by atoms with E-state index in [9.17, 15) is 0 Å². The van der Waals surface area contributed by atoms with Gasteiger partial charge in [-0.2, -0.15) is 0 Å². The molecular formula is C29H24Cl2N4O2. The predicted molar refractivity (Wildman–Crippen MR) is 146 cm³/mol. The topological polar surface area (TPSA) is 66.0 Å². The second kappa shape index (κ2) is 11.1. The van der Waals surface area contributed by atoms with Crippen LogP contribution in [0.1, 0.15) is 28.4 Å². The fourth-order valence-electron chi connectivity index (χ4n) is 3.99. The highest BCUT2D eigenvalue weighted by Gasteiger charge is 2.18. The van der Waals surface area contributed by atoms with Crippen LogP contribution in [-0.2, 0) is 17.9 Å². The lowest BCUT2D eigenvalue weighted by molar-refractivity contribution is 0.0280. The molecule has 0 N–H and O–H groups in total.